The van der Waals surface area contributed by atoms with Crippen LogP contribution in [0.2, 0.25) is 0 Å². The highest BCUT2D eigenvalue weighted by molar-refractivity contribution is 5.77. The zero-order chi connectivity index (χ0) is 16.0. The first kappa shape index (κ1) is 17.7. The molecule has 2 rings (SSSR count). The van der Waals surface area contributed by atoms with Gasteiger partial charge in [-0.1, -0.05) is 12.8 Å². The summed E-state index contributed by atoms with van der Waals surface area (Å²) in [7, 11) is 4.14. The summed E-state index contributed by atoms with van der Waals surface area (Å²) in [5, 5.41) is 10.4. The van der Waals surface area contributed by atoms with Gasteiger partial charge >= 0.3 is 0 Å². The molecule has 0 bridgehead atoms. The van der Waals surface area contributed by atoms with Crippen LogP contribution in [0.25, 0.3) is 0 Å². The van der Waals surface area contributed by atoms with Gasteiger partial charge in [0.15, 0.2) is 0 Å². The molecule has 22 heavy (non-hydrogen) atoms. The molecule has 0 spiro atoms. The van der Waals surface area contributed by atoms with E-state index < -0.39 is 5.60 Å². The van der Waals surface area contributed by atoms with Crippen molar-refractivity contribution >= 4 is 5.91 Å². The Labute approximate surface area is 134 Å². The van der Waals surface area contributed by atoms with E-state index in [1.165, 1.54) is 0 Å². The predicted octanol–water partition coefficient (Wildman–Crippen LogP) is 1.64. The number of amides is 1. The van der Waals surface area contributed by atoms with Crippen LogP contribution in [0, 0.1) is 0 Å². The molecule has 2 fully saturated rings. The maximum Gasteiger partial charge on any atom is 0.225 e. The van der Waals surface area contributed by atoms with E-state index in [-0.39, 0.29) is 5.91 Å². The summed E-state index contributed by atoms with van der Waals surface area (Å²) >= 11 is 0. The van der Waals surface area contributed by atoms with Crippen LogP contribution in [0.5, 0.6) is 0 Å². The highest BCUT2D eigenvalue weighted by Gasteiger charge is 2.35. The van der Waals surface area contributed by atoms with Gasteiger partial charge in [0.05, 0.1) is 18.1 Å². The van der Waals surface area contributed by atoms with Gasteiger partial charge in [-0.15, -0.1) is 0 Å². The molecule has 1 N–H and O–H groups in total. The fraction of sp³-hybridized carbons (Fsp3) is 0.941. The summed E-state index contributed by atoms with van der Waals surface area (Å²) in [4.78, 5) is 16.4. The van der Waals surface area contributed by atoms with E-state index in [0.717, 1.165) is 71.2 Å². The standard InChI is InChI=1S/C17H32N2O3/c1-18(2)10-5-13-22-15-6-11-19(12-7-15)16(20)14-17(21)8-3-4-9-17/h15,21H,3-14H2,1-2H3. The van der Waals surface area contributed by atoms with Gasteiger partial charge in [0.25, 0.3) is 0 Å². The quantitative estimate of drug-likeness (QED) is 0.726. The lowest BCUT2D eigenvalue weighted by molar-refractivity contribution is -0.138. The third-order valence-electron chi connectivity index (χ3n) is 4.91. The molecule has 5 heteroatoms. The van der Waals surface area contributed by atoms with Crippen molar-refractivity contribution in [3.63, 3.8) is 0 Å². The molecule has 0 atom stereocenters. The third-order valence-corrected chi connectivity index (χ3v) is 4.91. The van der Waals surface area contributed by atoms with Crippen LogP contribution in [0.3, 0.4) is 0 Å². The predicted molar refractivity (Wildman–Crippen MR) is 86.8 cm³/mol. The summed E-state index contributed by atoms with van der Waals surface area (Å²) in [6.07, 6.45) is 7.16. The lowest BCUT2D eigenvalue weighted by Crippen LogP contribution is -2.44. The molecule has 2 aliphatic rings. The van der Waals surface area contributed by atoms with E-state index in [1.807, 2.05) is 4.90 Å². The summed E-state index contributed by atoms with van der Waals surface area (Å²) in [6.45, 7) is 3.40. The first-order valence-corrected chi connectivity index (χ1v) is 8.75. The second-order valence-electron chi connectivity index (χ2n) is 7.22. The van der Waals surface area contributed by atoms with E-state index >= 15 is 0 Å². The van der Waals surface area contributed by atoms with Gasteiger partial charge in [0.1, 0.15) is 0 Å². The normalized spacial score (nSPS) is 22.5. The van der Waals surface area contributed by atoms with Crippen molar-refractivity contribution in [2.75, 3.05) is 40.3 Å². The lowest BCUT2D eigenvalue weighted by Gasteiger charge is -2.34. The largest absolute Gasteiger partial charge is 0.389 e. The number of carbonyl (C=O) groups is 1. The first-order valence-electron chi connectivity index (χ1n) is 8.75. The SMILES string of the molecule is CN(C)CCCOC1CCN(C(=O)CC2(O)CCCC2)CC1. The molecule has 128 valence electrons. The van der Waals surface area contributed by atoms with Crippen molar-refractivity contribution in [2.24, 2.45) is 0 Å². The number of piperidine rings is 1. The topological polar surface area (TPSA) is 53.0 Å². The summed E-state index contributed by atoms with van der Waals surface area (Å²) < 4.78 is 5.90. The molecular weight excluding hydrogens is 280 g/mol. The average molecular weight is 312 g/mol. The van der Waals surface area contributed by atoms with Crippen LogP contribution >= 0.6 is 0 Å². The van der Waals surface area contributed by atoms with Crippen molar-refractivity contribution in [3.8, 4) is 0 Å². The fourth-order valence-corrected chi connectivity index (χ4v) is 3.51. The van der Waals surface area contributed by atoms with Crippen LogP contribution in [-0.2, 0) is 9.53 Å². The molecule has 0 unspecified atom stereocenters. The molecule has 1 amide bonds. The number of hydrogen-bond acceptors (Lipinski definition) is 4. The number of rotatable bonds is 7. The molecule has 1 aliphatic carbocycles. The average Bonchev–Trinajstić information content (AvgIpc) is 2.90. The minimum Gasteiger partial charge on any atom is -0.389 e. The van der Waals surface area contributed by atoms with Gasteiger partial charge in [-0.3, -0.25) is 4.79 Å². The lowest BCUT2D eigenvalue weighted by atomic mass is 9.96. The van der Waals surface area contributed by atoms with Gasteiger partial charge in [-0.2, -0.15) is 0 Å². The van der Waals surface area contributed by atoms with Gasteiger partial charge in [-0.25, -0.2) is 0 Å². The Morgan fingerprint density at radius 1 is 1.27 bits per heavy atom. The number of nitrogens with zero attached hydrogens (tertiary/aromatic N) is 2. The number of aliphatic hydroxyl groups is 1. The van der Waals surface area contributed by atoms with Gasteiger partial charge in [-0.05, 0) is 52.7 Å². The third kappa shape index (κ3) is 5.52. The molecule has 0 radical (unpaired) electrons. The summed E-state index contributed by atoms with van der Waals surface area (Å²) in [6, 6.07) is 0. The van der Waals surface area contributed by atoms with Crippen LogP contribution in [0.4, 0.5) is 0 Å². The van der Waals surface area contributed by atoms with Crippen molar-refractivity contribution in [1.82, 2.24) is 9.80 Å². The summed E-state index contributed by atoms with van der Waals surface area (Å²) in [5.74, 6) is 0.121. The minimum atomic E-state index is -0.726. The monoisotopic (exact) mass is 312 g/mol. The highest BCUT2D eigenvalue weighted by atomic mass is 16.5. The second-order valence-corrected chi connectivity index (χ2v) is 7.22. The van der Waals surface area contributed by atoms with E-state index in [4.69, 9.17) is 4.74 Å². The van der Waals surface area contributed by atoms with Gasteiger partial charge in [0.2, 0.25) is 5.91 Å². The number of ether oxygens (including phenoxy) is 1. The fourth-order valence-electron chi connectivity index (χ4n) is 3.51. The van der Waals surface area contributed by atoms with Crippen LogP contribution in [0.1, 0.15) is 51.4 Å². The number of carbonyl (C=O) groups excluding carboxylic acids is 1. The maximum absolute atomic E-state index is 12.3. The van der Waals surface area contributed by atoms with Gasteiger partial charge < -0.3 is 19.6 Å². The van der Waals surface area contributed by atoms with Crippen molar-refractivity contribution in [3.05, 3.63) is 0 Å². The molecule has 0 aromatic rings. The molecule has 1 heterocycles. The van der Waals surface area contributed by atoms with E-state index in [0.29, 0.717) is 12.5 Å². The second kappa shape index (κ2) is 8.27. The van der Waals surface area contributed by atoms with Gasteiger partial charge in [0, 0.05) is 19.7 Å². The Kier molecular flexibility index (Phi) is 6.66. The zero-order valence-electron chi connectivity index (χ0n) is 14.2. The smallest absolute Gasteiger partial charge is 0.225 e. The minimum absolute atomic E-state index is 0.121. The Morgan fingerprint density at radius 2 is 1.91 bits per heavy atom. The zero-order valence-corrected chi connectivity index (χ0v) is 14.2. The van der Waals surface area contributed by atoms with Crippen LogP contribution in [0.15, 0.2) is 0 Å². The first-order chi connectivity index (χ1) is 10.5. The van der Waals surface area contributed by atoms with E-state index in [1.54, 1.807) is 0 Å². The maximum atomic E-state index is 12.3. The summed E-state index contributed by atoms with van der Waals surface area (Å²) in [5.41, 5.74) is -0.726. The van der Waals surface area contributed by atoms with Crippen molar-refractivity contribution in [2.45, 2.75) is 63.1 Å². The molecule has 5 nitrogen and oxygen atoms in total. The number of likely N-dealkylation sites (tertiary alicyclic amines) is 1. The Hall–Kier alpha value is -0.650. The molecule has 1 saturated heterocycles. The Bertz CT molecular complexity index is 346. The highest BCUT2D eigenvalue weighted by Crippen LogP contribution is 2.33. The molecular formula is C17H32N2O3. The Morgan fingerprint density at radius 3 is 2.50 bits per heavy atom. The van der Waals surface area contributed by atoms with Crippen molar-refractivity contribution in [1.29, 1.82) is 0 Å². The molecule has 1 aliphatic heterocycles. The molecule has 0 aromatic carbocycles. The van der Waals surface area contributed by atoms with Crippen molar-refractivity contribution < 1.29 is 14.6 Å². The van der Waals surface area contributed by atoms with E-state index in [9.17, 15) is 9.90 Å². The molecule has 0 aromatic heterocycles. The van der Waals surface area contributed by atoms with E-state index in [2.05, 4.69) is 19.0 Å². The van der Waals surface area contributed by atoms with Crippen LogP contribution < -0.4 is 0 Å². The molecule has 1 saturated carbocycles. The Balaban J connectivity index is 1.63. The number of hydrogen-bond donors (Lipinski definition) is 1. The van der Waals surface area contributed by atoms with Crippen LogP contribution in [-0.4, -0.2) is 72.9 Å².